The molecule has 0 saturated carbocycles. The Hall–Kier alpha value is -1.55. The van der Waals surface area contributed by atoms with Crippen LogP contribution < -0.4 is 15.5 Å². The number of para-hydroxylation sites is 1. The summed E-state index contributed by atoms with van der Waals surface area (Å²) in [6, 6.07) is 8.65. The molecule has 4 heteroatoms. The first-order valence-electron chi connectivity index (χ1n) is 7.33. The lowest BCUT2D eigenvalue weighted by atomic mass is 10.1. The molecule has 0 heterocycles. The Bertz CT molecular complexity index is 418. The molecule has 20 heavy (non-hydrogen) atoms. The van der Waals surface area contributed by atoms with Crippen LogP contribution in [0.4, 0.5) is 5.69 Å². The number of nitrogens with one attached hydrogen (secondary N) is 2. The molecule has 0 bridgehead atoms. The number of carbonyl (C=O) groups excluding carboxylic acids is 1. The molecule has 1 aromatic rings. The second-order valence-corrected chi connectivity index (χ2v) is 5.37. The van der Waals surface area contributed by atoms with Crippen LogP contribution in [0.1, 0.15) is 32.8 Å². The summed E-state index contributed by atoms with van der Waals surface area (Å²) < 4.78 is 0. The Kier molecular flexibility index (Phi) is 7.09. The van der Waals surface area contributed by atoms with Crippen LogP contribution in [0.5, 0.6) is 0 Å². The maximum Gasteiger partial charge on any atom is 0.239 e. The summed E-state index contributed by atoms with van der Waals surface area (Å²) in [5.74, 6) is 0.0703. The monoisotopic (exact) mass is 277 g/mol. The highest BCUT2D eigenvalue weighted by atomic mass is 16.2. The van der Waals surface area contributed by atoms with E-state index in [-0.39, 0.29) is 5.91 Å². The average Bonchev–Trinajstić information content (AvgIpc) is 2.43. The number of hydrogen-bond donors (Lipinski definition) is 2. The van der Waals surface area contributed by atoms with Crippen LogP contribution in [0.25, 0.3) is 0 Å². The minimum atomic E-state index is 0.0703. The summed E-state index contributed by atoms with van der Waals surface area (Å²) in [5, 5.41) is 6.32. The maximum absolute atomic E-state index is 11.8. The highest BCUT2D eigenvalue weighted by molar-refractivity contribution is 5.81. The number of likely N-dealkylation sites (N-methyl/N-ethyl adjacent to an activating group) is 1. The molecule has 0 aliphatic carbocycles. The zero-order valence-electron chi connectivity index (χ0n) is 13.1. The van der Waals surface area contributed by atoms with E-state index in [1.165, 1.54) is 5.56 Å². The lowest BCUT2D eigenvalue weighted by Crippen LogP contribution is -2.36. The molecule has 0 spiro atoms. The molecule has 0 aromatic heterocycles. The third-order valence-electron chi connectivity index (χ3n) is 3.06. The summed E-state index contributed by atoms with van der Waals surface area (Å²) in [5.41, 5.74) is 2.32. The van der Waals surface area contributed by atoms with E-state index >= 15 is 0 Å². The SMILES string of the molecule is CCCNC(=O)CN(C)c1ccccc1CNC(C)C. The van der Waals surface area contributed by atoms with Crippen molar-refractivity contribution in [1.82, 2.24) is 10.6 Å². The van der Waals surface area contributed by atoms with Crippen molar-refractivity contribution in [2.45, 2.75) is 39.8 Å². The first-order chi connectivity index (χ1) is 9.54. The molecule has 0 fully saturated rings. The van der Waals surface area contributed by atoms with Crippen molar-refractivity contribution in [2.75, 3.05) is 25.0 Å². The molecule has 4 nitrogen and oxygen atoms in total. The quantitative estimate of drug-likeness (QED) is 0.765. The fourth-order valence-electron chi connectivity index (χ4n) is 1.97. The van der Waals surface area contributed by atoms with Crippen LogP contribution in [0.15, 0.2) is 24.3 Å². The van der Waals surface area contributed by atoms with Gasteiger partial charge >= 0.3 is 0 Å². The van der Waals surface area contributed by atoms with E-state index in [1.807, 2.05) is 24.1 Å². The van der Waals surface area contributed by atoms with E-state index in [2.05, 4.69) is 43.5 Å². The van der Waals surface area contributed by atoms with Crippen LogP contribution in [-0.2, 0) is 11.3 Å². The van der Waals surface area contributed by atoms with Crippen molar-refractivity contribution >= 4 is 11.6 Å². The van der Waals surface area contributed by atoms with Gasteiger partial charge in [0.1, 0.15) is 0 Å². The van der Waals surface area contributed by atoms with Gasteiger partial charge in [-0.25, -0.2) is 0 Å². The van der Waals surface area contributed by atoms with Gasteiger partial charge in [0.15, 0.2) is 0 Å². The molecule has 0 unspecified atom stereocenters. The highest BCUT2D eigenvalue weighted by Gasteiger charge is 2.10. The van der Waals surface area contributed by atoms with Gasteiger partial charge in [-0.15, -0.1) is 0 Å². The minimum absolute atomic E-state index is 0.0703. The lowest BCUT2D eigenvalue weighted by molar-refractivity contribution is -0.119. The molecule has 1 amide bonds. The van der Waals surface area contributed by atoms with E-state index in [0.29, 0.717) is 12.6 Å². The van der Waals surface area contributed by atoms with Crippen LogP contribution in [0.2, 0.25) is 0 Å². The first-order valence-corrected chi connectivity index (χ1v) is 7.33. The van der Waals surface area contributed by atoms with E-state index in [1.54, 1.807) is 0 Å². The molecule has 2 N–H and O–H groups in total. The molecule has 0 atom stereocenters. The molecular formula is C16H27N3O. The lowest BCUT2D eigenvalue weighted by Gasteiger charge is -2.22. The Labute approximate surface area is 122 Å². The maximum atomic E-state index is 11.8. The van der Waals surface area contributed by atoms with E-state index in [4.69, 9.17) is 0 Å². The van der Waals surface area contributed by atoms with Gasteiger partial charge in [0.05, 0.1) is 6.54 Å². The van der Waals surface area contributed by atoms with Crippen molar-refractivity contribution in [3.8, 4) is 0 Å². The van der Waals surface area contributed by atoms with Crippen molar-refractivity contribution in [2.24, 2.45) is 0 Å². The van der Waals surface area contributed by atoms with Gasteiger partial charge < -0.3 is 15.5 Å². The van der Waals surface area contributed by atoms with E-state index in [9.17, 15) is 4.79 Å². The van der Waals surface area contributed by atoms with Gasteiger partial charge in [0.2, 0.25) is 5.91 Å². The Morgan fingerprint density at radius 3 is 2.65 bits per heavy atom. The van der Waals surface area contributed by atoms with Gasteiger partial charge in [0, 0.05) is 31.9 Å². The van der Waals surface area contributed by atoms with Crippen LogP contribution in [0, 0.1) is 0 Å². The number of anilines is 1. The van der Waals surface area contributed by atoms with Crippen molar-refractivity contribution in [1.29, 1.82) is 0 Å². The smallest absolute Gasteiger partial charge is 0.239 e. The van der Waals surface area contributed by atoms with Crippen LogP contribution in [0.3, 0.4) is 0 Å². The van der Waals surface area contributed by atoms with Crippen molar-refractivity contribution in [3.05, 3.63) is 29.8 Å². The van der Waals surface area contributed by atoms with Gasteiger partial charge in [-0.1, -0.05) is 39.0 Å². The fourth-order valence-corrected chi connectivity index (χ4v) is 1.97. The van der Waals surface area contributed by atoms with Gasteiger partial charge in [0.25, 0.3) is 0 Å². The first kappa shape index (κ1) is 16.5. The molecule has 1 aromatic carbocycles. The van der Waals surface area contributed by atoms with Gasteiger partial charge in [-0.2, -0.15) is 0 Å². The fraction of sp³-hybridized carbons (Fsp3) is 0.562. The van der Waals surface area contributed by atoms with E-state index < -0.39 is 0 Å². The largest absolute Gasteiger partial charge is 0.365 e. The molecule has 0 saturated heterocycles. The van der Waals surface area contributed by atoms with Crippen LogP contribution in [-0.4, -0.2) is 32.1 Å². The molecule has 112 valence electrons. The summed E-state index contributed by atoms with van der Waals surface area (Å²) in [6.07, 6.45) is 0.963. The third kappa shape index (κ3) is 5.61. The van der Waals surface area contributed by atoms with Crippen molar-refractivity contribution < 1.29 is 4.79 Å². The van der Waals surface area contributed by atoms with Crippen molar-refractivity contribution in [3.63, 3.8) is 0 Å². The summed E-state index contributed by atoms with van der Waals surface area (Å²) in [6.45, 7) is 8.25. The highest BCUT2D eigenvalue weighted by Crippen LogP contribution is 2.18. The average molecular weight is 277 g/mol. The van der Waals surface area contributed by atoms with Gasteiger partial charge in [-0.05, 0) is 18.1 Å². The number of benzene rings is 1. The third-order valence-corrected chi connectivity index (χ3v) is 3.06. The second kappa shape index (κ2) is 8.59. The number of rotatable bonds is 8. The van der Waals surface area contributed by atoms with E-state index in [0.717, 1.165) is 25.2 Å². The predicted molar refractivity (Wildman–Crippen MR) is 85.0 cm³/mol. The minimum Gasteiger partial charge on any atom is -0.365 e. The Balaban J connectivity index is 2.66. The molecule has 1 rings (SSSR count). The second-order valence-electron chi connectivity index (χ2n) is 5.37. The van der Waals surface area contributed by atoms with Crippen LogP contribution >= 0.6 is 0 Å². The zero-order valence-corrected chi connectivity index (χ0v) is 13.1. The number of amides is 1. The topological polar surface area (TPSA) is 44.4 Å². The zero-order chi connectivity index (χ0) is 15.0. The number of nitrogens with zero attached hydrogens (tertiary/aromatic N) is 1. The standard InChI is InChI=1S/C16H27N3O/c1-5-10-17-16(20)12-19(4)15-9-7-6-8-14(15)11-18-13(2)3/h6-9,13,18H,5,10-12H2,1-4H3,(H,17,20). The number of hydrogen-bond acceptors (Lipinski definition) is 3. The van der Waals surface area contributed by atoms with Gasteiger partial charge in [-0.3, -0.25) is 4.79 Å². The molecular weight excluding hydrogens is 250 g/mol. The summed E-state index contributed by atoms with van der Waals surface area (Å²) in [7, 11) is 1.96. The number of carbonyl (C=O) groups is 1. The predicted octanol–water partition coefficient (Wildman–Crippen LogP) is 2.15. The Morgan fingerprint density at radius 1 is 1.30 bits per heavy atom. The Morgan fingerprint density at radius 2 is 2.00 bits per heavy atom. The molecule has 0 aliphatic heterocycles. The molecule has 0 aliphatic rings. The normalized spacial score (nSPS) is 10.7. The summed E-state index contributed by atoms with van der Waals surface area (Å²) >= 11 is 0. The summed E-state index contributed by atoms with van der Waals surface area (Å²) in [4.78, 5) is 13.8. The molecule has 0 radical (unpaired) electrons.